The first kappa shape index (κ1) is 75.8. The summed E-state index contributed by atoms with van der Waals surface area (Å²) in [5, 5.41) is 0. The van der Waals surface area contributed by atoms with Gasteiger partial charge >= 0.3 is 17.9 Å². The molecule has 0 saturated heterocycles. The number of carbonyl (C=O) groups is 3. The van der Waals surface area contributed by atoms with Crippen LogP contribution in [-0.4, -0.2) is 37.2 Å². The minimum atomic E-state index is -0.793. The van der Waals surface area contributed by atoms with E-state index in [1.54, 1.807) is 0 Å². The SMILES string of the molecule is CC/C=C\C/C=C\C/C=C\C/C=C\C/C=C\C/C=C\C/C=C\CCCCCCCCCC(=O)OCC(COC(=O)CCCCCCCCCCCCCCCC)OC(=O)CCCCCCCC/C=C\C/C=C\C/C=C\CCCCC. The lowest BCUT2D eigenvalue weighted by atomic mass is 10.0. The van der Waals surface area contributed by atoms with Gasteiger partial charge in [0.05, 0.1) is 0 Å². The van der Waals surface area contributed by atoms with Crippen molar-refractivity contribution in [2.75, 3.05) is 13.2 Å². The average Bonchev–Trinajstić information content (AvgIpc) is 3.46. The summed E-state index contributed by atoms with van der Waals surface area (Å²) in [6, 6.07) is 0. The molecule has 0 amide bonds. The minimum Gasteiger partial charge on any atom is -0.462 e. The van der Waals surface area contributed by atoms with Gasteiger partial charge in [-0.05, 0) is 116 Å². The molecule has 456 valence electrons. The number of carbonyl (C=O) groups excluding carboxylic acids is 3. The van der Waals surface area contributed by atoms with Crippen molar-refractivity contribution in [1.29, 1.82) is 0 Å². The van der Waals surface area contributed by atoms with Gasteiger partial charge in [-0.15, -0.1) is 0 Å². The van der Waals surface area contributed by atoms with E-state index in [0.717, 1.165) is 135 Å². The Bertz CT molecular complexity index is 1650. The van der Waals surface area contributed by atoms with Crippen LogP contribution in [0.5, 0.6) is 0 Å². The van der Waals surface area contributed by atoms with Crippen LogP contribution >= 0.6 is 0 Å². The lowest BCUT2D eigenvalue weighted by molar-refractivity contribution is -0.167. The number of esters is 3. The Hall–Kier alpha value is -4.19. The van der Waals surface area contributed by atoms with E-state index in [1.807, 2.05) is 0 Å². The second-order valence-electron chi connectivity index (χ2n) is 22.0. The van der Waals surface area contributed by atoms with Crippen molar-refractivity contribution in [1.82, 2.24) is 0 Å². The quantitative estimate of drug-likeness (QED) is 0.0261. The van der Waals surface area contributed by atoms with E-state index >= 15 is 0 Å². The second-order valence-corrected chi connectivity index (χ2v) is 22.0. The molecule has 0 fully saturated rings. The maximum absolute atomic E-state index is 12.9. The highest BCUT2D eigenvalue weighted by atomic mass is 16.6. The van der Waals surface area contributed by atoms with E-state index < -0.39 is 6.10 Å². The average molecular weight is 1110 g/mol. The van der Waals surface area contributed by atoms with Crippen molar-refractivity contribution in [3.05, 3.63) is 122 Å². The zero-order valence-corrected chi connectivity index (χ0v) is 52.3. The van der Waals surface area contributed by atoms with Gasteiger partial charge in [-0.2, -0.15) is 0 Å². The van der Waals surface area contributed by atoms with Gasteiger partial charge in [0.1, 0.15) is 13.2 Å². The highest BCUT2D eigenvalue weighted by Gasteiger charge is 2.19. The number of rotatable bonds is 60. The summed E-state index contributed by atoms with van der Waals surface area (Å²) in [5.74, 6) is -0.902. The van der Waals surface area contributed by atoms with Crippen molar-refractivity contribution < 1.29 is 28.6 Å². The predicted molar refractivity (Wildman–Crippen MR) is 348 cm³/mol. The smallest absolute Gasteiger partial charge is 0.306 e. The number of ether oxygens (including phenoxy) is 3. The maximum atomic E-state index is 12.9. The Morgan fingerprint density at radius 3 is 0.787 bits per heavy atom. The summed E-state index contributed by atoms with van der Waals surface area (Å²) in [4.78, 5) is 38.4. The van der Waals surface area contributed by atoms with Gasteiger partial charge in [0.2, 0.25) is 0 Å². The molecule has 0 aromatic heterocycles. The molecule has 0 rings (SSSR count). The van der Waals surface area contributed by atoms with Crippen LogP contribution < -0.4 is 0 Å². The summed E-state index contributed by atoms with van der Waals surface area (Å²) >= 11 is 0. The molecule has 1 unspecified atom stereocenters. The number of allylic oxidation sites excluding steroid dienone is 20. The lowest BCUT2D eigenvalue weighted by Gasteiger charge is -2.18. The van der Waals surface area contributed by atoms with Crippen LogP contribution in [0.25, 0.3) is 0 Å². The Morgan fingerprint density at radius 1 is 0.263 bits per heavy atom. The molecule has 0 aromatic rings. The fourth-order valence-corrected chi connectivity index (χ4v) is 9.20. The van der Waals surface area contributed by atoms with Gasteiger partial charge in [0.15, 0.2) is 6.10 Å². The second kappa shape index (κ2) is 67.3. The number of hydrogen-bond donors (Lipinski definition) is 0. The van der Waals surface area contributed by atoms with Crippen LogP contribution in [0.2, 0.25) is 0 Å². The first-order valence-electron chi connectivity index (χ1n) is 33.5. The standard InChI is InChI=1S/C74H124O6/c1-4-7-10-13-16-19-22-25-28-30-32-33-34-35-36-37-38-39-40-41-43-44-46-49-52-55-58-61-64-67-73(76)79-70-71(69-78-72(75)66-63-60-57-54-51-48-27-24-21-18-15-12-9-6-3)80-74(77)68-65-62-59-56-53-50-47-45-42-31-29-26-23-20-17-14-11-8-5-2/h7,10,16-17,19-20,25-26,28-29,32-33,35-36,38-39,41-43,45,71H,4-6,8-9,11-15,18,21-24,27,30-31,34,37,40,44,46-70H2,1-3H3/b10-7-,19-16-,20-17-,28-25-,29-26-,33-32-,36-35-,39-38-,43-41-,45-42-. The Kier molecular flexibility index (Phi) is 63.8. The van der Waals surface area contributed by atoms with Crippen molar-refractivity contribution in [3.8, 4) is 0 Å². The molecule has 0 aliphatic heterocycles. The fourth-order valence-electron chi connectivity index (χ4n) is 9.20. The van der Waals surface area contributed by atoms with E-state index in [4.69, 9.17) is 14.2 Å². The topological polar surface area (TPSA) is 78.9 Å². The van der Waals surface area contributed by atoms with Gasteiger partial charge in [-0.3, -0.25) is 14.4 Å². The zero-order chi connectivity index (χ0) is 57.8. The van der Waals surface area contributed by atoms with Crippen LogP contribution in [-0.2, 0) is 28.6 Å². The fraction of sp³-hybridized carbons (Fsp3) is 0.689. The first-order valence-corrected chi connectivity index (χ1v) is 33.5. The molecule has 0 radical (unpaired) electrons. The van der Waals surface area contributed by atoms with Crippen LogP contribution in [0.1, 0.15) is 310 Å². The number of unbranched alkanes of at least 4 members (excludes halogenated alkanes) is 29. The molecular weight excluding hydrogens is 985 g/mol. The molecule has 0 bridgehead atoms. The molecule has 1 atom stereocenters. The summed E-state index contributed by atoms with van der Waals surface area (Å²) in [5.41, 5.74) is 0. The normalized spacial score (nSPS) is 12.9. The van der Waals surface area contributed by atoms with Gasteiger partial charge < -0.3 is 14.2 Å². The van der Waals surface area contributed by atoms with E-state index in [1.165, 1.54) is 135 Å². The van der Waals surface area contributed by atoms with E-state index in [9.17, 15) is 14.4 Å². The summed E-state index contributed by atoms with van der Waals surface area (Å²) in [6.45, 7) is 6.50. The molecule has 6 nitrogen and oxygen atoms in total. The van der Waals surface area contributed by atoms with Gasteiger partial charge in [-0.25, -0.2) is 0 Å². The molecule has 0 aliphatic carbocycles. The molecule has 0 spiro atoms. The van der Waals surface area contributed by atoms with Gasteiger partial charge in [0.25, 0.3) is 0 Å². The molecule has 6 heteroatoms. The van der Waals surface area contributed by atoms with Gasteiger partial charge in [-0.1, -0.05) is 296 Å². The van der Waals surface area contributed by atoms with Crippen LogP contribution in [0.3, 0.4) is 0 Å². The molecule has 0 N–H and O–H groups in total. The van der Waals surface area contributed by atoms with Crippen molar-refractivity contribution >= 4 is 17.9 Å². The zero-order valence-electron chi connectivity index (χ0n) is 52.3. The third-order valence-electron chi connectivity index (χ3n) is 14.2. The third kappa shape index (κ3) is 64.6. The molecule has 80 heavy (non-hydrogen) atoms. The molecule has 0 aliphatic rings. The monoisotopic (exact) mass is 1110 g/mol. The van der Waals surface area contributed by atoms with E-state index in [2.05, 4.69) is 142 Å². The van der Waals surface area contributed by atoms with E-state index in [-0.39, 0.29) is 31.1 Å². The summed E-state index contributed by atoms with van der Waals surface area (Å²) in [7, 11) is 0. The highest BCUT2D eigenvalue weighted by Crippen LogP contribution is 2.16. The Labute approximate surface area is 494 Å². The maximum Gasteiger partial charge on any atom is 0.306 e. The van der Waals surface area contributed by atoms with Crippen LogP contribution in [0.4, 0.5) is 0 Å². The molecule has 0 aromatic carbocycles. The molecule has 0 heterocycles. The Balaban J connectivity index is 4.37. The summed E-state index contributed by atoms with van der Waals surface area (Å²) < 4.78 is 16.9. The molecule has 0 saturated carbocycles. The third-order valence-corrected chi connectivity index (χ3v) is 14.2. The minimum absolute atomic E-state index is 0.0863. The predicted octanol–water partition coefficient (Wildman–Crippen LogP) is 23.2. The largest absolute Gasteiger partial charge is 0.462 e. The van der Waals surface area contributed by atoms with E-state index in [0.29, 0.717) is 19.3 Å². The lowest BCUT2D eigenvalue weighted by Crippen LogP contribution is -2.30. The number of hydrogen-bond acceptors (Lipinski definition) is 6. The van der Waals surface area contributed by atoms with Crippen LogP contribution in [0.15, 0.2) is 122 Å². The van der Waals surface area contributed by atoms with Crippen molar-refractivity contribution in [2.24, 2.45) is 0 Å². The summed E-state index contributed by atoms with van der Waals surface area (Å²) in [6.07, 6.45) is 93.4. The highest BCUT2D eigenvalue weighted by molar-refractivity contribution is 5.71. The Morgan fingerprint density at radius 2 is 0.487 bits per heavy atom. The van der Waals surface area contributed by atoms with Crippen molar-refractivity contribution in [2.45, 2.75) is 316 Å². The van der Waals surface area contributed by atoms with Gasteiger partial charge in [0, 0.05) is 19.3 Å². The van der Waals surface area contributed by atoms with Crippen LogP contribution in [0, 0.1) is 0 Å². The molecular formula is C74H124O6. The van der Waals surface area contributed by atoms with Crippen molar-refractivity contribution in [3.63, 3.8) is 0 Å². The first-order chi connectivity index (χ1) is 39.5.